The van der Waals surface area contributed by atoms with E-state index in [1.807, 2.05) is 0 Å². The molecule has 102 valence electrons. The fourth-order valence-electron chi connectivity index (χ4n) is 2.67. The van der Waals surface area contributed by atoms with Crippen molar-refractivity contribution in [2.75, 3.05) is 36.9 Å². The van der Waals surface area contributed by atoms with E-state index in [4.69, 9.17) is 0 Å². The van der Waals surface area contributed by atoms with Crippen molar-refractivity contribution in [2.24, 2.45) is 5.41 Å². The minimum atomic E-state index is 0.565. The van der Waals surface area contributed by atoms with Crippen LogP contribution < -0.4 is 0 Å². The monoisotopic (exact) mass is 275 g/mol. The van der Waals surface area contributed by atoms with Gasteiger partial charge in [0.2, 0.25) is 0 Å². The predicted octanol–water partition coefficient (Wildman–Crippen LogP) is 3.94. The molecular formula is C14H29NS2. The van der Waals surface area contributed by atoms with Crippen LogP contribution in [0.1, 0.15) is 46.0 Å². The molecule has 0 aromatic rings. The molecule has 0 bridgehead atoms. The number of rotatable bonds is 8. The molecule has 0 unspecified atom stereocenters. The van der Waals surface area contributed by atoms with Crippen LogP contribution in [0.4, 0.5) is 0 Å². The van der Waals surface area contributed by atoms with Gasteiger partial charge in [-0.05, 0) is 42.9 Å². The number of thioether (sulfide) groups is 1. The largest absolute Gasteiger partial charge is 0.303 e. The summed E-state index contributed by atoms with van der Waals surface area (Å²) >= 11 is 6.76. The van der Waals surface area contributed by atoms with Crippen LogP contribution in [-0.2, 0) is 0 Å². The summed E-state index contributed by atoms with van der Waals surface area (Å²) in [5, 5.41) is 0. The summed E-state index contributed by atoms with van der Waals surface area (Å²) in [6, 6.07) is 0. The molecule has 0 saturated heterocycles. The molecule has 17 heavy (non-hydrogen) atoms. The molecule has 1 fully saturated rings. The lowest BCUT2D eigenvalue weighted by molar-refractivity contribution is 0.258. The van der Waals surface area contributed by atoms with E-state index < -0.39 is 0 Å². The second-order valence-electron chi connectivity index (χ2n) is 5.30. The van der Waals surface area contributed by atoms with Crippen LogP contribution in [0.3, 0.4) is 0 Å². The number of nitrogens with zero attached hydrogens (tertiary/aromatic N) is 1. The van der Waals surface area contributed by atoms with Crippen LogP contribution in [0.2, 0.25) is 0 Å². The van der Waals surface area contributed by atoms with E-state index in [9.17, 15) is 0 Å². The van der Waals surface area contributed by atoms with Gasteiger partial charge >= 0.3 is 0 Å². The zero-order valence-corrected chi connectivity index (χ0v) is 13.3. The smallest absolute Gasteiger partial charge is 0.00721 e. The number of thiol groups is 1. The molecule has 3 heteroatoms. The molecule has 0 amide bonds. The molecule has 0 spiro atoms. The fraction of sp³-hybridized carbons (Fsp3) is 1.00. The summed E-state index contributed by atoms with van der Waals surface area (Å²) in [5.41, 5.74) is 0.565. The molecule has 1 saturated carbocycles. The normalized spacial score (nSPS) is 19.8. The first-order chi connectivity index (χ1) is 8.26. The molecule has 0 aromatic heterocycles. The highest BCUT2D eigenvalue weighted by molar-refractivity contribution is 7.99. The Morgan fingerprint density at radius 1 is 1.12 bits per heavy atom. The Hall–Kier alpha value is 0.660. The third-order valence-corrected chi connectivity index (χ3v) is 6.06. The topological polar surface area (TPSA) is 3.24 Å². The zero-order chi connectivity index (χ0) is 12.6. The van der Waals surface area contributed by atoms with E-state index in [0.29, 0.717) is 5.41 Å². The average molecular weight is 276 g/mol. The molecule has 1 rings (SSSR count). The average Bonchev–Trinajstić information content (AvgIpc) is 2.40. The third kappa shape index (κ3) is 5.44. The molecule has 0 aliphatic heterocycles. The minimum absolute atomic E-state index is 0.565. The van der Waals surface area contributed by atoms with E-state index in [0.717, 1.165) is 5.75 Å². The van der Waals surface area contributed by atoms with Gasteiger partial charge in [0.1, 0.15) is 0 Å². The molecule has 0 atom stereocenters. The zero-order valence-electron chi connectivity index (χ0n) is 11.6. The van der Waals surface area contributed by atoms with Crippen LogP contribution in [0.15, 0.2) is 0 Å². The Morgan fingerprint density at radius 2 is 1.76 bits per heavy atom. The summed E-state index contributed by atoms with van der Waals surface area (Å²) in [7, 11) is 0. The van der Waals surface area contributed by atoms with Crippen LogP contribution in [0, 0.1) is 5.41 Å². The summed E-state index contributed by atoms with van der Waals surface area (Å²) in [5.74, 6) is 3.71. The Kier molecular flexibility index (Phi) is 8.05. The van der Waals surface area contributed by atoms with Gasteiger partial charge in [-0.15, -0.1) is 0 Å². The van der Waals surface area contributed by atoms with Crippen LogP contribution in [0.5, 0.6) is 0 Å². The van der Waals surface area contributed by atoms with Crippen molar-refractivity contribution in [1.82, 2.24) is 4.90 Å². The lowest BCUT2D eigenvalue weighted by Gasteiger charge is -2.36. The van der Waals surface area contributed by atoms with Crippen molar-refractivity contribution in [3.05, 3.63) is 0 Å². The second kappa shape index (κ2) is 8.71. The van der Waals surface area contributed by atoms with Crippen molar-refractivity contribution >= 4 is 24.4 Å². The highest BCUT2D eigenvalue weighted by Crippen LogP contribution is 2.39. The van der Waals surface area contributed by atoms with Gasteiger partial charge in [0, 0.05) is 12.3 Å². The van der Waals surface area contributed by atoms with Gasteiger partial charge in [-0.1, -0.05) is 33.1 Å². The van der Waals surface area contributed by atoms with Gasteiger partial charge in [-0.2, -0.15) is 24.4 Å². The standard InChI is InChI=1S/C14H29NS2/c1-3-15(4-2)10-11-17-13-14(12-16)8-6-5-7-9-14/h16H,3-13H2,1-2H3. The minimum Gasteiger partial charge on any atom is -0.303 e. The summed E-state index contributed by atoms with van der Waals surface area (Å²) in [6.07, 6.45) is 7.12. The quantitative estimate of drug-likeness (QED) is 0.528. The van der Waals surface area contributed by atoms with Crippen molar-refractivity contribution in [3.63, 3.8) is 0 Å². The second-order valence-corrected chi connectivity index (χ2v) is 6.72. The van der Waals surface area contributed by atoms with Crippen molar-refractivity contribution < 1.29 is 0 Å². The first kappa shape index (κ1) is 15.7. The van der Waals surface area contributed by atoms with Gasteiger partial charge in [-0.3, -0.25) is 0 Å². The van der Waals surface area contributed by atoms with Gasteiger partial charge in [0.05, 0.1) is 0 Å². The Morgan fingerprint density at radius 3 is 2.29 bits per heavy atom. The Bertz CT molecular complexity index is 187. The van der Waals surface area contributed by atoms with Crippen LogP contribution in [-0.4, -0.2) is 41.8 Å². The van der Waals surface area contributed by atoms with E-state index >= 15 is 0 Å². The van der Waals surface area contributed by atoms with Crippen molar-refractivity contribution in [1.29, 1.82) is 0 Å². The molecule has 1 aliphatic rings. The Balaban J connectivity index is 2.19. The maximum Gasteiger partial charge on any atom is 0.00721 e. The van der Waals surface area contributed by atoms with Crippen LogP contribution >= 0.6 is 24.4 Å². The molecule has 0 N–H and O–H groups in total. The highest BCUT2D eigenvalue weighted by Gasteiger charge is 2.30. The van der Waals surface area contributed by atoms with Crippen molar-refractivity contribution in [3.8, 4) is 0 Å². The molecular weight excluding hydrogens is 246 g/mol. The molecule has 0 radical (unpaired) electrons. The van der Waals surface area contributed by atoms with E-state index in [1.165, 1.54) is 63.2 Å². The lowest BCUT2D eigenvalue weighted by Crippen LogP contribution is -2.30. The maximum atomic E-state index is 4.61. The van der Waals surface area contributed by atoms with Gasteiger partial charge in [0.25, 0.3) is 0 Å². The first-order valence-electron chi connectivity index (χ1n) is 7.17. The van der Waals surface area contributed by atoms with Crippen molar-refractivity contribution in [2.45, 2.75) is 46.0 Å². The molecule has 0 heterocycles. The van der Waals surface area contributed by atoms with Gasteiger partial charge in [-0.25, -0.2) is 0 Å². The lowest BCUT2D eigenvalue weighted by atomic mass is 9.77. The summed E-state index contributed by atoms with van der Waals surface area (Å²) in [4.78, 5) is 2.52. The summed E-state index contributed by atoms with van der Waals surface area (Å²) < 4.78 is 0. The molecule has 1 aliphatic carbocycles. The molecule has 1 nitrogen and oxygen atoms in total. The third-order valence-electron chi connectivity index (χ3n) is 4.10. The number of hydrogen-bond acceptors (Lipinski definition) is 3. The SMILES string of the molecule is CCN(CC)CCSCC1(CS)CCCCC1. The first-order valence-corrected chi connectivity index (χ1v) is 8.96. The number of hydrogen-bond donors (Lipinski definition) is 1. The van der Waals surface area contributed by atoms with Gasteiger partial charge < -0.3 is 4.90 Å². The van der Waals surface area contributed by atoms with E-state index in [2.05, 4.69) is 43.1 Å². The predicted molar refractivity (Wildman–Crippen MR) is 84.5 cm³/mol. The maximum absolute atomic E-state index is 4.61. The van der Waals surface area contributed by atoms with E-state index in [-0.39, 0.29) is 0 Å². The molecule has 0 aromatic carbocycles. The highest BCUT2D eigenvalue weighted by atomic mass is 32.2. The van der Waals surface area contributed by atoms with Crippen LogP contribution in [0.25, 0.3) is 0 Å². The Labute approximate surface area is 118 Å². The fourth-order valence-corrected chi connectivity index (χ4v) is 4.61. The van der Waals surface area contributed by atoms with Gasteiger partial charge in [0.15, 0.2) is 0 Å². The van der Waals surface area contributed by atoms with E-state index in [1.54, 1.807) is 0 Å². The summed E-state index contributed by atoms with van der Waals surface area (Å²) in [6.45, 7) is 8.14.